The molecule has 2 N–H and O–H groups in total. The number of alkyl halides is 1. The number of hydrogen-bond donors (Lipinski definition) is 1. The lowest BCUT2D eigenvalue weighted by molar-refractivity contribution is -0.129. The normalized spacial score (nSPS) is 17.4. The molecule has 4 heteroatoms. The molecular formula is C17H17ClN2O. The Balaban J connectivity index is 2.04. The Hall–Kier alpha value is -2.00. The Morgan fingerprint density at radius 3 is 2.81 bits per heavy atom. The van der Waals surface area contributed by atoms with E-state index in [4.69, 9.17) is 17.3 Å². The predicted molar refractivity (Wildman–Crippen MR) is 85.3 cm³/mol. The maximum Gasteiger partial charge on any atom is 0.237 e. The minimum Gasteiger partial charge on any atom is -0.399 e. The minimum absolute atomic E-state index is 0.0197. The van der Waals surface area contributed by atoms with Gasteiger partial charge < -0.3 is 10.6 Å². The molecular weight excluding hydrogens is 284 g/mol. The lowest BCUT2D eigenvalue weighted by Gasteiger charge is -2.35. The van der Waals surface area contributed by atoms with Crippen molar-refractivity contribution in [1.29, 1.82) is 0 Å². The number of nitrogens with two attached hydrogens (primary N) is 1. The molecule has 0 fully saturated rings. The highest BCUT2D eigenvalue weighted by atomic mass is 35.5. The molecule has 1 heterocycles. The number of nitrogen functional groups attached to an aromatic ring is 1. The first-order chi connectivity index (χ1) is 10.2. The second-order valence-electron chi connectivity index (χ2n) is 5.33. The smallest absolute Gasteiger partial charge is 0.237 e. The van der Waals surface area contributed by atoms with Crippen LogP contribution in [0.2, 0.25) is 0 Å². The van der Waals surface area contributed by atoms with E-state index >= 15 is 0 Å². The molecule has 21 heavy (non-hydrogen) atoms. The maximum absolute atomic E-state index is 12.0. The van der Waals surface area contributed by atoms with Gasteiger partial charge in [-0.05, 0) is 28.8 Å². The monoisotopic (exact) mass is 300 g/mol. The molecule has 0 spiro atoms. The Morgan fingerprint density at radius 1 is 1.24 bits per heavy atom. The van der Waals surface area contributed by atoms with Crippen molar-refractivity contribution < 1.29 is 4.79 Å². The van der Waals surface area contributed by atoms with Crippen LogP contribution in [0.4, 0.5) is 5.69 Å². The van der Waals surface area contributed by atoms with Crippen molar-refractivity contribution >= 4 is 23.2 Å². The van der Waals surface area contributed by atoms with Crippen LogP contribution < -0.4 is 5.73 Å². The van der Waals surface area contributed by atoms with Crippen molar-refractivity contribution in [3.05, 3.63) is 65.2 Å². The van der Waals surface area contributed by atoms with E-state index in [1.807, 2.05) is 35.2 Å². The van der Waals surface area contributed by atoms with E-state index in [-0.39, 0.29) is 17.7 Å². The van der Waals surface area contributed by atoms with Gasteiger partial charge in [-0.15, -0.1) is 11.6 Å². The van der Waals surface area contributed by atoms with E-state index in [0.29, 0.717) is 13.1 Å². The van der Waals surface area contributed by atoms with Gasteiger partial charge in [0.25, 0.3) is 0 Å². The molecule has 0 radical (unpaired) electrons. The summed E-state index contributed by atoms with van der Waals surface area (Å²) >= 11 is 5.72. The van der Waals surface area contributed by atoms with Crippen LogP contribution in [0.1, 0.15) is 22.6 Å². The molecule has 0 bridgehead atoms. The largest absolute Gasteiger partial charge is 0.399 e. The van der Waals surface area contributed by atoms with Crippen molar-refractivity contribution in [2.45, 2.75) is 12.5 Å². The Morgan fingerprint density at radius 2 is 2.05 bits per heavy atom. The zero-order valence-corrected chi connectivity index (χ0v) is 12.4. The summed E-state index contributed by atoms with van der Waals surface area (Å²) in [5, 5.41) is 0. The van der Waals surface area contributed by atoms with Crippen LogP contribution in [0.25, 0.3) is 0 Å². The third kappa shape index (κ3) is 2.74. The van der Waals surface area contributed by atoms with Crippen molar-refractivity contribution in [2.24, 2.45) is 0 Å². The summed E-state index contributed by atoms with van der Waals surface area (Å²) in [6.07, 6.45) is 0. The fourth-order valence-corrected chi connectivity index (χ4v) is 3.11. The molecule has 0 saturated carbocycles. The van der Waals surface area contributed by atoms with Crippen LogP contribution in [0.15, 0.2) is 48.5 Å². The number of halogens is 1. The molecule has 0 aromatic heterocycles. The lowest BCUT2D eigenvalue weighted by Crippen LogP contribution is -2.39. The Kier molecular flexibility index (Phi) is 3.84. The number of nitrogens with zero attached hydrogens (tertiary/aromatic N) is 1. The average molecular weight is 301 g/mol. The van der Waals surface area contributed by atoms with Crippen LogP contribution in [-0.2, 0) is 11.3 Å². The number of amides is 1. The number of carbonyl (C=O) groups is 1. The minimum atomic E-state index is -0.0277. The first kappa shape index (κ1) is 14.0. The maximum atomic E-state index is 12.0. The van der Waals surface area contributed by atoms with Gasteiger partial charge in [-0.25, -0.2) is 0 Å². The van der Waals surface area contributed by atoms with E-state index in [9.17, 15) is 4.79 Å². The molecule has 0 saturated heterocycles. The van der Waals surface area contributed by atoms with Gasteiger partial charge in [-0.2, -0.15) is 0 Å². The van der Waals surface area contributed by atoms with Gasteiger partial charge in [-0.3, -0.25) is 4.79 Å². The number of anilines is 1. The third-order valence-corrected chi connectivity index (χ3v) is 4.20. The second kappa shape index (κ2) is 5.78. The highest BCUT2D eigenvalue weighted by molar-refractivity contribution is 6.27. The predicted octanol–water partition coefficient (Wildman–Crippen LogP) is 2.98. The van der Waals surface area contributed by atoms with Crippen LogP contribution in [0, 0.1) is 0 Å². The molecule has 1 amide bonds. The number of fused-ring (bicyclic) bond motifs is 1. The van der Waals surface area contributed by atoms with Gasteiger partial charge in [-0.1, -0.05) is 36.4 Å². The first-order valence-electron chi connectivity index (χ1n) is 6.96. The number of carbonyl (C=O) groups excluding carboxylic acids is 1. The number of rotatable bonds is 2. The molecule has 1 unspecified atom stereocenters. The van der Waals surface area contributed by atoms with E-state index in [2.05, 4.69) is 18.2 Å². The van der Waals surface area contributed by atoms with Crippen molar-refractivity contribution in [3.8, 4) is 0 Å². The topological polar surface area (TPSA) is 46.3 Å². The fraction of sp³-hybridized carbons (Fsp3) is 0.235. The van der Waals surface area contributed by atoms with Crippen LogP contribution >= 0.6 is 11.6 Å². The molecule has 0 aliphatic carbocycles. The Bertz CT molecular complexity index is 671. The summed E-state index contributed by atoms with van der Waals surface area (Å²) in [7, 11) is 0. The molecule has 108 valence electrons. The van der Waals surface area contributed by atoms with Crippen LogP contribution in [0.3, 0.4) is 0 Å². The summed E-state index contributed by atoms with van der Waals surface area (Å²) in [6, 6.07) is 16.1. The van der Waals surface area contributed by atoms with Crippen LogP contribution in [0.5, 0.6) is 0 Å². The molecule has 3 rings (SSSR count). The van der Waals surface area contributed by atoms with E-state index in [1.54, 1.807) is 0 Å². The van der Waals surface area contributed by atoms with Gasteiger partial charge in [0, 0.05) is 24.7 Å². The SMILES string of the molecule is Nc1cccc(C2CN(C(=O)CCl)Cc3ccccc32)c1. The summed E-state index contributed by atoms with van der Waals surface area (Å²) in [5.74, 6) is 0.136. The fourth-order valence-electron chi connectivity index (χ4n) is 2.94. The van der Waals surface area contributed by atoms with E-state index < -0.39 is 0 Å². The summed E-state index contributed by atoms with van der Waals surface area (Å²) < 4.78 is 0. The zero-order chi connectivity index (χ0) is 14.8. The first-order valence-corrected chi connectivity index (χ1v) is 7.49. The Labute approximate surface area is 129 Å². The van der Waals surface area contributed by atoms with Gasteiger partial charge in [0.15, 0.2) is 0 Å². The average Bonchev–Trinajstić information content (AvgIpc) is 2.53. The van der Waals surface area contributed by atoms with Gasteiger partial charge >= 0.3 is 0 Å². The zero-order valence-electron chi connectivity index (χ0n) is 11.6. The second-order valence-corrected chi connectivity index (χ2v) is 5.60. The quantitative estimate of drug-likeness (QED) is 0.684. The molecule has 2 aromatic rings. The summed E-state index contributed by atoms with van der Waals surface area (Å²) in [4.78, 5) is 13.8. The van der Waals surface area contributed by atoms with Gasteiger partial charge in [0.1, 0.15) is 5.88 Å². The lowest BCUT2D eigenvalue weighted by atomic mass is 9.84. The van der Waals surface area contributed by atoms with E-state index in [1.165, 1.54) is 11.1 Å². The highest BCUT2D eigenvalue weighted by Gasteiger charge is 2.28. The molecule has 1 aliphatic heterocycles. The number of benzene rings is 2. The molecule has 1 atom stereocenters. The number of hydrogen-bond acceptors (Lipinski definition) is 2. The van der Waals surface area contributed by atoms with Crippen LogP contribution in [-0.4, -0.2) is 23.2 Å². The third-order valence-electron chi connectivity index (χ3n) is 3.97. The van der Waals surface area contributed by atoms with Crippen molar-refractivity contribution in [3.63, 3.8) is 0 Å². The van der Waals surface area contributed by atoms with Crippen molar-refractivity contribution in [1.82, 2.24) is 4.90 Å². The molecule has 3 nitrogen and oxygen atoms in total. The highest BCUT2D eigenvalue weighted by Crippen LogP contribution is 2.34. The molecule has 2 aromatic carbocycles. The van der Waals surface area contributed by atoms with Crippen molar-refractivity contribution in [2.75, 3.05) is 18.2 Å². The summed E-state index contributed by atoms with van der Waals surface area (Å²) in [6.45, 7) is 1.27. The summed E-state index contributed by atoms with van der Waals surface area (Å²) in [5.41, 5.74) is 10.2. The van der Waals surface area contributed by atoms with Gasteiger partial charge in [0.05, 0.1) is 0 Å². The standard InChI is InChI=1S/C17H17ClN2O/c18-9-17(21)20-10-13-4-1-2-7-15(13)16(11-20)12-5-3-6-14(19)8-12/h1-8,16H,9-11,19H2. The van der Waals surface area contributed by atoms with Gasteiger partial charge in [0.2, 0.25) is 5.91 Å². The van der Waals surface area contributed by atoms with E-state index in [0.717, 1.165) is 11.3 Å². The molecule has 1 aliphatic rings.